The van der Waals surface area contributed by atoms with Crippen molar-refractivity contribution in [1.29, 1.82) is 0 Å². The monoisotopic (exact) mass is 278 g/mol. The van der Waals surface area contributed by atoms with Gasteiger partial charge in [0.2, 0.25) is 0 Å². The number of esters is 1. The smallest absolute Gasteiger partial charge is 0.341 e. The highest BCUT2D eigenvalue weighted by Gasteiger charge is 2.09. The summed E-state index contributed by atoms with van der Waals surface area (Å²) in [6.07, 6.45) is 5.98. The first-order valence-corrected chi connectivity index (χ1v) is 6.00. The van der Waals surface area contributed by atoms with Gasteiger partial charge in [-0.15, -0.1) is 0 Å². The standard InChI is InChI=1S/C9H10O3.C6H8O2/c1-2-12-9(11)7-5-3-4-6-8(7)10;1-2-3-4-5-6(7)8/h3-6,10H,2H2,1H3;2-5H,1H3,(H,7,8)/b;3-2+,5-4+. The summed E-state index contributed by atoms with van der Waals surface area (Å²) in [5.74, 6) is -1.45. The zero-order chi connectivity index (χ0) is 15.4. The molecule has 0 radical (unpaired) electrons. The highest BCUT2D eigenvalue weighted by molar-refractivity contribution is 5.92. The predicted molar refractivity (Wildman–Crippen MR) is 75.7 cm³/mol. The van der Waals surface area contributed by atoms with Crippen LogP contribution in [0.2, 0.25) is 0 Å². The number of ether oxygens (including phenoxy) is 1. The molecule has 20 heavy (non-hydrogen) atoms. The van der Waals surface area contributed by atoms with Crippen molar-refractivity contribution in [2.75, 3.05) is 6.61 Å². The summed E-state index contributed by atoms with van der Waals surface area (Å²) in [5.41, 5.74) is 0.208. The van der Waals surface area contributed by atoms with Gasteiger partial charge in [0, 0.05) is 6.08 Å². The van der Waals surface area contributed by atoms with Crippen molar-refractivity contribution in [1.82, 2.24) is 0 Å². The summed E-state index contributed by atoms with van der Waals surface area (Å²) in [5, 5.41) is 17.2. The van der Waals surface area contributed by atoms with E-state index < -0.39 is 11.9 Å². The second kappa shape index (κ2) is 10.4. The van der Waals surface area contributed by atoms with Gasteiger partial charge in [0.1, 0.15) is 11.3 Å². The Morgan fingerprint density at radius 3 is 2.40 bits per heavy atom. The van der Waals surface area contributed by atoms with E-state index in [4.69, 9.17) is 9.84 Å². The lowest BCUT2D eigenvalue weighted by atomic mass is 10.2. The Morgan fingerprint density at radius 2 is 1.90 bits per heavy atom. The van der Waals surface area contributed by atoms with E-state index in [1.807, 2.05) is 6.92 Å². The predicted octanol–water partition coefficient (Wildman–Crippen LogP) is 2.77. The molecule has 2 N–H and O–H groups in total. The molecule has 108 valence electrons. The van der Waals surface area contributed by atoms with E-state index in [0.29, 0.717) is 6.61 Å². The van der Waals surface area contributed by atoms with Crippen LogP contribution in [0.5, 0.6) is 5.75 Å². The van der Waals surface area contributed by atoms with Gasteiger partial charge in [-0.3, -0.25) is 0 Å². The zero-order valence-corrected chi connectivity index (χ0v) is 11.4. The molecule has 0 saturated heterocycles. The van der Waals surface area contributed by atoms with Crippen molar-refractivity contribution in [3.8, 4) is 5.75 Å². The van der Waals surface area contributed by atoms with Crippen molar-refractivity contribution in [2.45, 2.75) is 13.8 Å². The van der Waals surface area contributed by atoms with Crippen LogP contribution in [0.3, 0.4) is 0 Å². The zero-order valence-electron chi connectivity index (χ0n) is 11.4. The number of benzene rings is 1. The first-order chi connectivity index (χ1) is 9.52. The van der Waals surface area contributed by atoms with Gasteiger partial charge in [-0.25, -0.2) is 9.59 Å². The molecule has 0 aliphatic rings. The van der Waals surface area contributed by atoms with Crippen molar-refractivity contribution in [3.05, 3.63) is 54.1 Å². The van der Waals surface area contributed by atoms with E-state index in [-0.39, 0.29) is 11.3 Å². The number of carbonyl (C=O) groups excluding carboxylic acids is 1. The topological polar surface area (TPSA) is 83.8 Å². The molecule has 0 heterocycles. The fourth-order valence-corrected chi connectivity index (χ4v) is 1.10. The third-order valence-corrected chi connectivity index (χ3v) is 1.94. The maximum Gasteiger partial charge on any atom is 0.341 e. The maximum atomic E-state index is 11.1. The number of carboxylic acid groups (broad SMARTS) is 1. The molecule has 0 saturated carbocycles. The van der Waals surface area contributed by atoms with Gasteiger partial charge < -0.3 is 14.9 Å². The third kappa shape index (κ3) is 7.71. The van der Waals surface area contributed by atoms with Crippen molar-refractivity contribution >= 4 is 11.9 Å². The van der Waals surface area contributed by atoms with E-state index in [0.717, 1.165) is 6.08 Å². The Kier molecular flexibility index (Phi) is 9.04. The number of aromatic hydroxyl groups is 1. The molecule has 1 rings (SSSR count). The minimum absolute atomic E-state index is 0.0454. The molecule has 1 aromatic rings. The Bertz CT molecular complexity index is 489. The van der Waals surface area contributed by atoms with Crippen LogP contribution in [0.1, 0.15) is 24.2 Å². The van der Waals surface area contributed by atoms with E-state index >= 15 is 0 Å². The molecular weight excluding hydrogens is 260 g/mol. The number of carboxylic acids is 1. The summed E-state index contributed by atoms with van der Waals surface area (Å²) in [6.45, 7) is 3.86. The molecule has 0 unspecified atom stereocenters. The summed E-state index contributed by atoms with van der Waals surface area (Å²) >= 11 is 0. The average Bonchev–Trinajstić information content (AvgIpc) is 2.40. The van der Waals surface area contributed by atoms with Crippen molar-refractivity contribution in [2.24, 2.45) is 0 Å². The normalized spacial score (nSPS) is 10.1. The molecule has 0 spiro atoms. The molecule has 5 nitrogen and oxygen atoms in total. The van der Waals surface area contributed by atoms with Crippen LogP contribution >= 0.6 is 0 Å². The first kappa shape index (κ1) is 17.4. The molecule has 0 aliphatic carbocycles. The number of hydrogen-bond donors (Lipinski definition) is 2. The Balaban J connectivity index is 0.000000396. The van der Waals surface area contributed by atoms with Crippen LogP contribution in [0.15, 0.2) is 48.6 Å². The summed E-state index contributed by atoms with van der Waals surface area (Å²) in [7, 11) is 0. The quantitative estimate of drug-likeness (QED) is 0.502. The van der Waals surface area contributed by atoms with Gasteiger partial charge in [-0.2, -0.15) is 0 Å². The Hall–Kier alpha value is -2.56. The van der Waals surface area contributed by atoms with Gasteiger partial charge in [-0.05, 0) is 26.0 Å². The Morgan fingerprint density at radius 1 is 1.25 bits per heavy atom. The number of rotatable bonds is 4. The number of phenols is 1. The van der Waals surface area contributed by atoms with Gasteiger partial charge in [0.25, 0.3) is 0 Å². The highest BCUT2D eigenvalue weighted by atomic mass is 16.5. The lowest BCUT2D eigenvalue weighted by Crippen LogP contribution is -2.04. The molecule has 0 fully saturated rings. The minimum atomic E-state index is -0.914. The molecular formula is C15H18O5. The van der Waals surface area contributed by atoms with Crippen LogP contribution < -0.4 is 0 Å². The van der Waals surface area contributed by atoms with Gasteiger partial charge in [-0.1, -0.05) is 30.4 Å². The molecule has 0 bridgehead atoms. The fourth-order valence-electron chi connectivity index (χ4n) is 1.10. The van der Waals surface area contributed by atoms with E-state index in [2.05, 4.69) is 0 Å². The van der Waals surface area contributed by atoms with Crippen LogP contribution in [-0.2, 0) is 9.53 Å². The molecule has 0 amide bonds. The van der Waals surface area contributed by atoms with E-state index in [1.54, 1.807) is 31.2 Å². The second-order valence-electron chi connectivity index (χ2n) is 3.46. The van der Waals surface area contributed by atoms with Gasteiger partial charge in [0.05, 0.1) is 6.61 Å². The molecule has 0 aromatic heterocycles. The number of allylic oxidation sites excluding steroid dienone is 3. The van der Waals surface area contributed by atoms with Crippen LogP contribution in [0.4, 0.5) is 0 Å². The lowest BCUT2D eigenvalue weighted by molar-refractivity contribution is -0.131. The van der Waals surface area contributed by atoms with Crippen LogP contribution in [0.25, 0.3) is 0 Å². The summed E-state index contributed by atoms with van der Waals surface area (Å²) in [6, 6.07) is 6.30. The molecule has 5 heteroatoms. The summed E-state index contributed by atoms with van der Waals surface area (Å²) in [4.78, 5) is 20.8. The van der Waals surface area contributed by atoms with Crippen molar-refractivity contribution in [3.63, 3.8) is 0 Å². The first-order valence-electron chi connectivity index (χ1n) is 6.00. The Labute approximate surface area is 117 Å². The van der Waals surface area contributed by atoms with E-state index in [9.17, 15) is 14.7 Å². The SMILES string of the molecule is C/C=C/C=C/C(=O)O.CCOC(=O)c1ccccc1O. The van der Waals surface area contributed by atoms with Gasteiger partial charge >= 0.3 is 11.9 Å². The maximum absolute atomic E-state index is 11.1. The fraction of sp³-hybridized carbons (Fsp3) is 0.200. The number of para-hydroxylation sites is 1. The molecule has 0 aliphatic heterocycles. The minimum Gasteiger partial charge on any atom is -0.507 e. The molecule has 1 aromatic carbocycles. The molecule has 0 atom stereocenters. The average molecular weight is 278 g/mol. The third-order valence-electron chi connectivity index (χ3n) is 1.94. The van der Waals surface area contributed by atoms with Gasteiger partial charge in [0.15, 0.2) is 0 Å². The second-order valence-corrected chi connectivity index (χ2v) is 3.46. The highest BCUT2D eigenvalue weighted by Crippen LogP contribution is 2.16. The number of phenolic OH excluding ortho intramolecular Hbond substituents is 1. The van der Waals surface area contributed by atoms with Crippen LogP contribution in [0, 0.1) is 0 Å². The lowest BCUT2D eigenvalue weighted by Gasteiger charge is -2.02. The number of hydrogen-bond acceptors (Lipinski definition) is 4. The number of aliphatic carboxylic acids is 1. The number of carbonyl (C=O) groups is 2. The summed E-state index contributed by atoms with van der Waals surface area (Å²) < 4.78 is 4.71. The van der Waals surface area contributed by atoms with Crippen molar-refractivity contribution < 1.29 is 24.5 Å². The van der Waals surface area contributed by atoms with Crippen LogP contribution in [-0.4, -0.2) is 28.8 Å². The largest absolute Gasteiger partial charge is 0.507 e. The van der Waals surface area contributed by atoms with E-state index in [1.165, 1.54) is 18.2 Å².